The zero-order valence-corrected chi connectivity index (χ0v) is 11.6. The molecule has 1 heterocycles. The van der Waals surface area contributed by atoms with Crippen LogP contribution in [-0.4, -0.2) is 61.3 Å². The minimum absolute atomic E-state index is 0. The maximum absolute atomic E-state index is 10.4. The van der Waals surface area contributed by atoms with E-state index in [1.807, 2.05) is 4.90 Å². The molecule has 0 radical (unpaired) electrons. The van der Waals surface area contributed by atoms with Gasteiger partial charge in [-0.1, -0.05) is 0 Å². The average Bonchev–Trinajstić information content (AvgIpc) is 2.01. The first-order chi connectivity index (χ1) is 6.47. The number of β-amino-alcohol motifs (C(OH)–C–C–N with tert-alkyl or cyclic N) is 1. The maximum atomic E-state index is 10.4. The summed E-state index contributed by atoms with van der Waals surface area (Å²) in [6.07, 6.45) is -0.416. The zero-order valence-electron chi connectivity index (χ0n) is 9.79. The minimum Gasteiger partial charge on any atom is -1.00 e. The van der Waals surface area contributed by atoms with E-state index in [0.29, 0.717) is 32.7 Å². The van der Waals surface area contributed by atoms with Crippen LogP contribution in [0.15, 0.2) is 0 Å². The third kappa shape index (κ3) is 7.64. The van der Waals surface area contributed by atoms with Crippen LogP contribution in [0.2, 0.25) is 0 Å². The molecular weight excluding hydrogens is 233 g/mol. The molecule has 1 atom stereocenters. The van der Waals surface area contributed by atoms with E-state index in [0.717, 1.165) is 0 Å². The van der Waals surface area contributed by atoms with Crippen molar-refractivity contribution in [2.75, 3.05) is 32.0 Å². The summed E-state index contributed by atoms with van der Waals surface area (Å²) in [5.41, 5.74) is 0. The monoisotopic (exact) mass is 249 g/mol. The molecule has 1 aliphatic heterocycles. The molecule has 0 spiro atoms. The van der Waals surface area contributed by atoms with Crippen LogP contribution in [0.5, 0.6) is 0 Å². The Morgan fingerprint density at radius 2 is 2.20 bits per heavy atom. The van der Waals surface area contributed by atoms with Gasteiger partial charge in [0.05, 0.1) is 12.4 Å². The van der Waals surface area contributed by atoms with E-state index in [9.17, 15) is 8.42 Å². The zero-order chi connectivity index (χ0) is 10.6. The van der Waals surface area contributed by atoms with E-state index in [1.165, 1.54) is 0 Å². The van der Waals surface area contributed by atoms with Crippen molar-refractivity contribution in [2.45, 2.75) is 12.7 Å². The van der Waals surface area contributed by atoms with Crippen LogP contribution in [0, 0.1) is 0 Å². The van der Waals surface area contributed by atoms with Gasteiger partial charge in [0, 0.05) is 13.1 Å². The fourth-order valence-corrected chi connectivity index (χ4v) is 1.85. The van der Waals surface area contributed by atoms with Crippen LogP contribution < -0.4 is 29.6 Å². The van der Waals surface area contributed by atoms with E-state index in [4.69, 9.17) is 14.4 Å². The van der Waals surface area contributed by atoms with Crippen molar-refractivity contribution in [3.8, 4) is 0 Å². The second kappa shape index (κ2) is 7.18. The Balaban J connectivity index is 0. The van der Waals surface area contributed by atoms with Gasteiger partial charge in [-0.25, -0.2) is 0 Å². The number of rotatable bonds is 4. The summed E-state index contributed by atoms with van der Waals surface area (Å²) < 4.78 is 34.2. The van der Waals surface area contributed by atoms with Crippen LogP contribution in [0.4, 0.5) is 0 Å². The predicted octanol–water partition coefficient (Wildman–Crippen LogP) is -3.97. The van der Waals surface area contributed by atoms with Gasteiger partial charge < -0.3 is 11.3 Å². The number of aliphatic hydroxyl groups excluding tert-OH is 1. The molecule has 15 heavy (non-hydrogen) atoms. The molecule has 8 heteroatoms. The van der Waals surface area contributed by atoms with Crippen molar-refractivity contribution < 1.29 is 53.8 Å². The molecule has 0 aromatic rings. The van der Waals surface area contributed by atoms with E-state index in [2.05, 4.69) is 0 Å². The van der Waals surface area contributed by atoms with Crippen LogP contribution in [-0.2, 0) is 14.9 Å². The Hall–Kier alpha value is 0.790. The van der Waals surface area contributed by atoms with E-state index < -0.39 is 16.4 Å². The number of morpholine rings is 1. The molecule has 0 amide bonds. The Morgan fingerprint density at radius 3 is 2.73 bits per heavy atom. The molecule has 0 aromatic heterocycles. The standard InChI is InChI=1S/C7H15NO5S.Na.H/c9-7-6-8(3-4-13-7)2-1-5-14(10,11)12;;/h7,9H,1-6H2,(H,10,11,12);;/q;+1;-1. The fourth-order valence-electron chi connectivity index (χ4n) is 1.36. The van der Waals surface area contributed by atoms with Gasteiger partial charge >= 0.3 is 29.6 Å². The van der Waals surface area contributed by atoms with Crippen molar-refractivity contribution in [1.82, 2.24) is 4.90 Å². The number of ether oxygens (including phenoxy) is 1. The summed E-state index contributed by atoms with van der Waals surface area (Å²) in [4.78, 5) is 1.90. The molecule has 1 rings (SSSR count). The summed E-state index contributed by atoms with van der Waals surface area (Å²) in [5, 5.41) is 9.11. The molecule has 2 N–H and O–H groups in total. The second-order valence-electron chi connectivity index (χ2n) is 3.27. The summed E-state index contributed by atoms with van der Waals surface area (Å²) in [6.45, 7) is 2.07. The van der Waals surface area contributed by atoms with Crippen LogP contribution in [0.25, 0.3) is 0 Å². The molecule has 0 saturated carbocycles. The molecular formula is C7H16NNaO5S. The molecule has 0 aliphatic carbocycles. The SMILES string of the molecule is O=S(=O)(O)CCCN1CCOC(O)C1.[H-].[Na+]. The van der Waals surface area contributed by atoms with Gasteiger partial charge in [0.15, 0.2) is 6.29 Å². The third-order valence-corrected chi connectivity index (χ3v) is 2.81. The average molecular weight is 249 g/mol. The summed E-state index contributed by atoms with van der Waals surface area (Å²) >= 11 is 0. The summed E-state index contributed by atoms with van der Waals surface area (Å²) in [5.74, 6) is -0.236. The Morgan fingerprint density at radius 1 is 1.53 bits per heavy atom. The number of aliphatic hydroxyl groups is 1. The van der Waals surface area contributed by atoms with E-state index >= 15 is 0 Å². The fraction of sp³-hybridized carbons (Fsp3) is 1.00. The van der Waals surface area contributed by atoms with Crippen molar-refractivity contribution in [1.29, 1.82) is 0 Å². The van der Waals surface area contributed by atoms with Gasteiger partial charge in [-0.3, -0.25) is 9.45 Å². The number of hydrogen-bond acceptors (Lipinski definition) is 5. The van der Waals surface area contributed by atoms with Gasteiger partial charge in [0.2, 0.25) is 0 Å². The molecule has 1 saturated heterocycles. The molecule has 1 aliphatic rings. The van der Waals surface area contributed by atoms with Crippen molar-refractivity contribution in [3.63, 3.8) is 0 Å². The molecule has 1 unspecified atom stereocenters. The molecule has 6 nitrogen and oxygen atoms in total. The first-order valence-electron chi connectivity index (χ1n) is 4.44. The minimum atomic E-state index is -3.86. The van der Waals surface area contributed by atoms with Crippen LogP contribution >= 0.6 is 0 Å². The first kappa shape index (κ1) is 15.8. The Bertz CT molecular complexity index is 276. The largest absolute Gasteiger partial charge is 1.00 e. The maximum Gasteiger partial charge on any atom is 1.00 e. The molecule has 0 bridgehead atoms. The smallest absolute Gasteiger partial charge is 1.00 e. The van der Waals surface area contributed by atoms with Crippen molar-refractivity contribution >= 4 is 10.1 Å². The third-order valence-electron chi connectivity index (χ3n) is 2.01. The molecule has 0 aromatic carbocycles. The second-order valence-corrected chi connectivity index (χ2v) is 4.84. The van der Waals surface area contributed by atoms with Gasteiger partial charge in [0.25, 0.3) is 10.1 Å². The van der Waals surface area contributed by atoms with Crippen molar-refractivity contribution in [2.24, 2.45) is 0 Å². The Kier molecular flexibility index (Phi) is 7.56. The Labute approximate surface area is 113 Å². The first-order valence-corrected chi connectivity index (χ1v) is 6.05. The quantitative estimate of drug-likeness (QED) is 0.390. The normalized spacial score (nSPS) is 23.5. The molecule has 86 valence electrons. The topological polar surface area (TPSA) is 87.1 Å². The van der Waals surface area contributed by atoms with Gasteiger partial charge in [-0.2, -0.15) is 8.42 Å². The summed E-state index contributed by atoms with van der Waals surface area (Å²) in [6, 6.07) is 0. The number of nitrogens with zero attached hydrogens (tertiary/aromatic N) is 1. The predicted molar refractivity (Wildman–Crippen MR) is 50.5 cm³/mol. The summed E-state index contributed by atoms with van der Waals surface area (Å²) in [7, 11) is -3.86. The van der Waals surface area contributed by atoms with Gasteiger partial charge in [-0.05, 0) is 13.0 Å². The molecule has 1 fully saturated rings. The van der Waals surface area contributed by atoms with Crippen LogP contribution in [0.3, 0.4) is 0 Å². The van der Waals surface area contributed by atoms with Crippen molar-refractivity contribution in [3.05, 3.63) is 0 Å². The van der Waals surface area contributed by atoms with Gasteiger partial charge in [-0.15, -0.1) is 0 Å². The van der Waals surface area contributed by atoms with Gasteiger partial charge in [0.1, 0.15) is 0 Å². The van der Waals surface area contributed by atoms with E-state index in [-0.39, 0.29) is 36.7 Å². The van der Waals surface area contributed by atoms with Crippen LogP contribution in [0.1, 0.15) is 7.85 Å². The van der Waals surface area contributed by atoms with E-state index in [1.54, 1.807) is 0 Å². The number of hydrogen-bond donors (Lipinski definition) is 2.